The van der Waals surface area contributed by atoms with Crippen molar-refractivity contribution in [1.82, 2.24) is 15.5 Å². The molecule has 5 heteroatoms. The lowest BCUT2D eigenvalue weighted by atomic mass is 9.97. The number of nitrogens with zero attached hydrogens (tertiary/aromatic N) is 1. The van der Waals surface area contributed by atoms with E-state index in [-0.39, 0.29) is 6.09 Å². The van der Waals surface area contributed by atoms with E-state index >= 15 is 0 Å². The summed E-state index contributed by atoms with van der Waals surface area (Å²) < 4.78 is 5.45. The van der Waals surface area contributed by atoms with Gasteiger partial charge in [-0.1, -0.05) is 6.42 Å². The first kappa shape index (κ1) is 18.5. The van der Waals surface area contributed by atoms with E-state index in [2.05, 4.69) is 17.6 Å². The molecule has 0 spiro atoms. The van der Waals surface area contributed by atoms with E-state index in [1.54, 1.807) is 0 Å². The number of piperidine rings is 2. The van der Waals surface area contributed by atoms with Crippen LogP contribution < -0.4 is 10.6 Å². The first-order valence-corrected chi connectivity index (χ1v) is 9.31. The fraction of sp³-hybridized carbons (Fsp3) is 0.944. The minimum absolute atomic E-state index is 0.171. The smallest absolute Gasteiger partial charge is 0.410 e. The Hall–Kier alpha value is -0.810. The van der Waals surface area contributed by atoms with E-state index in [1.165, 1.54) is 32.2 Å². The molecule has 2 fully saturated rings. The van der Waals surface area contributed by atoms with Crippen LogP contribution >= 0.6 is 0 Å². The maximum atomic E-state index is 12.1. The van der Waals surface area contributed by atoms with Gasteiger partial charge in [0.1, 0.15) is 5.60 Å². The molecule has 2 rings (SSSR count). The van der Waals surface area contributed by atoms with Crippen molar-refractivity contribution >= 4 is 6.09 Å². The number of carbonyl (C=O) groups is 1. The second kappa shape index (κ2) is 8.34. The van der Waals surface area contributed by atoms with Crippen LogP contribution in [0.3, 0.4) is 0 Å². The molecule has 2 aliphatic heterocycles. The molecule has 2 heterocycles. The minimum Gasteiger partial charge on any atom is -0.444 e. The Morgan fingerprint density at radius 1 is 1.26 bits per heavy atom. The molecule has 23 heavy (non-hydrogen) atoms. The van der Waals surface area contributed by atoms with Gasteiger partial charge in [-0.2, -0.15) is 0 Å². The topological polar surface area (TPSA) is 53.6 Å². The monoisotopic (exact) mass is 325 g/mol. The average molecular weight is 325 g/mol. The zero-order chi connectivity index (χ0) is 16.9. The van der Waals surface area contributed by atoms with Crippen molar-refractivity contribution in [3.05, 3.63) is 0 Å². The fourth-order valence-corrected chi connectivity index (χ4v) is 3.58. The van der Waals surface area contributed by atoms with E-state index in [0.29, 0.717) is 18.1 Å². The molecule has 0 aliphatic carbocycles. The largest absolute Gasteiger partial charge is 0.444 e. The third kappa shape index (κ3) is 6.68. The lowest BCUT2D eigenvalue weighted by Crippen LogP contribution is -2.49. The Bertz CT molecular complexity index is 367. The van der Waals surface area contributed by atoms with Gasteiger partial charge in [0.25, 0.3) is 0 Å². The fourth-order valence-electron chi connectivity index (χ4n) is 3.58. The summed E-state index contributed by atoms with van der Waals surface area (Å²) in [7, 11) is 0. The molecular formula is C18H35N3O2. The first-order valence-electron chi connectivity index (χ1n) is 9.31. The van der Waals surface area contributed by atoms with E-state index in [0.717, 1.165) is 25.9 Å². The molecule has 0 radical (unpaired) electrons. The molecular weight excluding hydrogens is 290 g/mol. The molecule has 134 valence electrons. The lowest BCUT2D eigenvalue weighted by molar-refractivity contribution is 0.0196. The summed E-state index contributed by atoms with van der Waals surface area (Å²) in [5.74, 6) is 0. The third-order valence-corrected chi connectivity index (χ3v) is 4.72. The predicted octanol–water partition coefficient (Wildman–Crippen LogP) is 2.90. The van der Waals surface area contributed by atoms with Crippen LogP contribution in [0.15, 0.2) is 0 Å². The second-order valence-electron chi connectivity index (χ2n) is 8.19. The van der Waals surface area contributed by atoms with Crippen LogP contribution in [0.25, 0.3) is 0 Å². The number of hydrogen-bond acceptors (Lipinski definition) is 4. The van der Waals surface area contributed by atoms with Crippen molar-refractivity contribution in [2.75, 3.05) is 19.6 Å². The summed E-state index contributed by atoms with van der Waals surface area (Å²) in [6, 6.07) is 1.73. The zero-order valence-electron chi connectivity index (χ0n) is 15.4. The van der Waals surface area contributed by atoms with Crippen LogP contribution in [0.1, 0.15) is 66.2 Å². The number of likely N-dealkylation sites (tertiary alicyclic amines) is 1. The van der Waals surface area contributed by atoms with Crippen LogP contribution in [0.2, 0.25) is 0 Å². The highest BCUT2D eigenvalue weighted by molar-refractivity contribution is 5.68. The van der Waals surface area contributed by atoms with Crippen LogP contribution in [0, 0.1) is 0 Å². The van der Waals surface area contributed by atoms with Gasteiger partial charge < -0.3 is 20.3 Å². The van der Waals surface area contributed by atoms with Gasteiger partial charge in [0.15, 0.2) is 0 Å². The molecule has 0 aromatic rings. The highest BCUT2D eigenvalue weighted by atomic mass is 16.6. The number of ether oxygens (including phenoxy) is 1. The zero-order valence-corrected chi connectivity index (χ0v) is 15.4. The Morgan fingerprint density at radius 3 is 2.52 bits per heavy atom. The number of nitrogens with one attached hydrogen (secondary N) is 2. The molecule has 2 saturated heterocycles. The lowest BCUT2D eigenvalue weighted by Gasteiger charge is -2.35. The summed E-state index contributed by atoms with van der Waals surface area (Å²) in [4.78, 5) is 13.9. The van der Waals surface area contributed by atoms with Gasteiger partial charge in [-0.25, -0.2) is 4.79 Å². The maximum Gasteiger partial charge on any atom is 0.410 e. The number of carbonyl (C=O) groups excluding carboxylic acids is 1. The molecule has 2 unspecified atom stereocenters. The van der Waals surface area contributed by atoms with Gasteiger partial charge >= 0.3 is 6.09 Å². The molecule has 2 atom stereocenters. The Kier molecular flexibility index (Phi) is 6.72. The first-order chi connectivity index (χ1) is 10.8. The highest BCUT2D eigenvalue weighted by Crippen LogP contribution is 2.17. The summed E-state index contributed by atoms with van der Waals surface area (Å²) in [6.07, 6.45) is 7.05. The molecule has 0 aromatic carbocycles. The van der Waals surface area contributed by atoms with Crippen LogP contribution in [-0.2, 0) is 4.74 Å². The Labute approximate surface area is 141 Å². The van der Waals surface area contributed by atoms with Crippen molar-refractivity contribution in [1.29, 1.82) is 0 Å². The summed E-state index contributed by atoms with van der Waals surface area (Å²) in [5.41, 5.74) is -0.409. The van der Waals surface area contributed by atoms with E-state index in [1.807, 2.05) is 25.7 Å². The molecule has 0 saturated carbocycles. The summed E-state index contributed by atoms with van der Waals surface area (Å²) >= 11 is 0. The van der Waals surface area contributed by atoms with Crippen LogP contribution in [0.4, 0.5) is 4.79 Å². The van der Waals surface area contributed by atoms with Gasteiger partial charge in [0.2, 0.25) is 0 Å². The van der Waals surface area contributed by atoms with Crippen molar-refractivity contribution in [3.63, 3.8) is 0 Å². The summed E-state index contributed by atoms with van der Waals surface area (Å²) in [6.45, 7) is 10.8. The Morgan fingerprint density at radius 2 is 1.96 bits per heavy atom. The molecule has 0 bridgehead atoms. The van der Waals surface area contributed by atoms with Crippen LogP contribution in [0.5, 0.6) is 0 Å². The average Bonchev–Trinajstić information content (AvgIpc) is 2.47. The van der Waals surface area contributed by atoms with Gasteiger partial charge in [-0.05, 0) is 66.3 Å². The molecule has 2 N–H and O–H groups in total. The highest BCUT2D eigenvalue weighted by Gasteiger charge is 2.27. The van der Waals surface area contributed by atoms with Gasteiger partial charge in [0, 0.05) is 31.2 Å². The molecule has 0 aromatic heterocycles. The van der Waals surface area contributed by atoms with Crippen molar-refractivity contribution in [2.45, 2.75) is 89.9 Å². The molecule has 2 aliphatic rings. The predicted molar refractivity (Wildman–Crippen MR) is 93.7 cm³/mol. The van der Waals surface area contributed by atoms with E-state index in [4.69, 9.17) is 4.74 Å². The molecule has 1 amide bonds. The third-order valence-electron chi connectivity index (χ3n) is 4.72. The van der Waals surface area contributed by atoms with Gasteiger partial charge in [-0.3, -0.25) is 0 Å². The van der Waals surface area contributed by atoms with Gasteiger partial charge in [-0.15, -0.1) is 0 Å². The minimum atomic E-state index is -0.409. The number of hydrogen-bond donors (Lipinski definition) is 2. The number of amides is 1. The van der Waals surface area contributed by atoms with Crippen molar-refractivity contribution in [3.8, 4) is 0 Å². The Balaban J connectivity index is 1.66. The normalized spacial score (nSPS) is 25.2. The second-order valence-corrected chi connectivity index (χ2v) is 8.19. The SMILES string of the molecule is CC(CC1CCCCN1)NC1CCN(C(=O)OC(C)(C)C)CC1. The van der Waals surface area contributed by atoms with Crippen molar-refractivity contribution in [2.24, 2.45) is 0 Å². The van der Waals surface area contributed by atoms with Crippen molar-refractivity contribution < 1.29 is 9.53 Å². The molecule has 5 nitrogen and oxygen atoms in total. The summed E-state index contributed by atoms with van der Waals surface area (Å²) in [5, 5.41) is 7.38. The maximum absolute atomic E-state index is 12.1. The van der Waals surface area contributed by atoms with Gasteiger partial charge in [0.05, 0.1) is 0 Å². The standard InChI is InChI=1S/C18H35N3O2/c1-14(13-16-7-5-6-10-19-16)20-15-8-11-21(12-9-15)17(22)23-18(2,3)4/h14-16,19-20H,5-13H2,1-4H3. The van der Waals surface area contributed by atoms with E-state index < -0.39 is 5.60 Å². The van der Waals surface area contributed by atoms with Crippen LogP contribution in [-0.4, -0.2) is 54.4 Å². The quantitative estimate of drug-likeness (QED) is 0.834. The number of rotatable bonds is 4. The van der Waals surface area contributed by atoms with E-state index in [9.17, 15) is 4.79 Å².